The summed E-state index contributed by atoms with van der Waals surface area (Å²) >= 11 is 0. The minimum Gasteiger partial charge on any atom is -0.397 e. The first kappa shape index (κ1) is 13.7. The lowest BCUT2D eigenvalue weighted by molar-refractivity contribution is 0.750. The second-order valence-corrected chi connectivity index (χ2v) is 5.67. The average Bonchev–Trinajstić information content (AvgIpc) is 2.52. The van der Waals surface area contributed by atoms with Crippen molar-refractivity contribution in [3.8, 4) is 0 Å². The van der Waals surface area contributed by atoms with Crippen molar-refractivity contribution in [2.24, 2.45) is 5.73 Å². The van der Waals surface area contributed by atoms with Crippen molar-refractivity contribution in [1.82, 2.24) is 5.32 Å². The number of benzene rings is 2. The molecule has 2 nitrogen and oxygen atoms in total. The fraction of sp³-hybridized carbons (Fsp3) is 0.263. The first-order valence-corrected chi connectivity index (χ1v) is 7.63. The Bertz CT molecular complexity index is 685. The van der Waals surface area contributed by atoms with Gasteiger partial charge in [0.05, 0.1) is 11.4 Å². The SMILES string of the molecule is CCN/C1=C(\N)c2ccccc2C(C)Cc2ccccc21. The molecule has 0 saturated heterocycles. The minimum atomic E-state index is 0.462. The third-order valence-electron chi connectivity index (χ3n) is 4.22. The normalized spacial score (nSPS) is 21.0. The molecule has 1 unspecified atom stereocenters. The molecular formula is C19H22N2. The van der Waals surface area contributed by atoms with Crippen molar-refractivity contribution in [2.75, 3.05) is 6.54 Å². The molecule has 0 amide bonds. The van der Waals surface area contributed by atoms with Gasteiger partial charge in [0.2, 0.25) is 0 Å². The van der Waals surface area contributed by atoms with E-state index in [1.165, 1.54) is 16.7 Å². The Balaban J connectivity index is 2.29. The molecule has 1 aliphatic rings. The lowest BCUT2D eigenvalue weighted by atomic mass is 9.84. The Labute approximate surface area is 126 Å². The first-order valence-electron chi connectivity index (χ1n) is 7.63. The molecule has 3 N–H and O–H groups in total. The monoisotopic (exact) mass is 278 g/mol. The van der Waals surface area contributed by atoms with Gasteiger partial charge in [0.1, 0.15) is 0 Å². The van der Waals surface area contributed by atoms with Gasteiger partial charge < -0.3 is 11.1 Å². The van der Waals surface area contributed by atoms with E-state index in [0.717, 1.165) is 29.9 Å². The zero-order chi connectivity index (χ0) is 14.8. The van der Waals surface area contributed by atoms with E-state index in [2.05, 4.69) is 67.7 Å². The molecule has 0 fully saturated rings. The molecule has 21 heavy (non-hydrogen) atoms. The summed E-state index contributed by atoms with van der Waals surface area (Å²) < 4.78 is 0. The van der Waals surface area contributed by atoms with Gasteiger partial charge in [-0.05, 0) is 30.4 Å². The molecule has 0 aliphatic heterocycles. The van der Waals surface area contributed by atoms with Gasteiger partial charge >= 0.3 is 0 Å². The van der Waals surface area contributed by atoms with E-state index in [9.17, 15) is 0 Å². The van der Waals surface area contributed by atoms with E-state index in [4.69, 9.17) is 5.73 Å². The van der Waals surface area contributed by atoms with Crippen molar-refractivity contribution in [1.29, 1.82) is 0 Å². The van der Waals surface area contributed by atoms with Crippen LogP contribution in [0.25, 0.3) is 11.4 Å². The number of hydrogen-bond acceptors (Lipinski definition) is 2. The van der Waals surface area contributed by atoms with Gasteiger partial charge in [0.15, 0.2) is 0 Å². The van der Waals surface area contributed by atoms with Crippen LogP contribution in [0.4, 0.5) is 0 Å². The molecule has 108 valence electrons. The van der Waals surface area contributed by atoms with Crippen molar-refractivity contribution in [2.45, 2.75) is 26.2 Å². The summed E-state index contributed by atoms with van der Waals surface area (Å²) in [6.45, 7) is 5.25. The van der Waals surface area contributed by atoms with Crippen LogP contribution in [0.15, 0.2) is 48.5 Å². The van der Waals surface area contributed by atoms with Crippen LogP contribution in [0.2, 0.25) is 0 Å². The van der Waals surface area contributed by atoms with Crippen LogP contribution in [0.3, 0.4) is 0 Å². The highest BCUT2D eigenvalue weighted by atomic mass is 14.9. The van der Waals surface area contributed by atoms with E-state index in [1.807, 2.05) is 0 Å². The highest BCUT2D eigenvalue weighted by molar-refractivity contribution is 5.90. The third-order valence-corrected chi connectivity index (χ3v) is 4.22. The predicted molar refractivity (Wildman–Crippen MR) is 89.7 cm³/mol. The fourth-order valence-corrected chi connectivity index (χ4v) is 3.20. The lowest BCUT2D eigenvalue weighted by Crippen LogP contribution is -2.20. The molecule has 2 heteroatoms. The number of fused-ring (bicyclic) bond motifs is 2. The summed E-state index contributed by atoms with van der Waals surface area (Å²) in [7, 11) is 0. The molecule has 3 rings (SSSR count). The van der Waals surface area contributed by atoms with Crippen LogP contribution in [0.5, 0.6) is 0 Å². The molecule has 0 saturated carbocycles. The molecule has 1 aliphatic carbocycles. The Morgan fingerprint density at radius 1 is 1.05 bits per heavy atom. The zero-order valence-corrected chi connectivity index (χ0v) is 12.7. The highest BCUT2D eigenvalue weighted by Crippen LogP contribution is 2.34. The summed E-state index contributed by atoms with van der Waals surface area (Å²) in [5, 5.41) is 3.47. The Morgan fingerprint density at radius 2 is 1.71 bits per heavy atom. The quantitative estimate of drug-likeness (QED) is 0.878. The maximum atomic E-state index is 6.54. The molecule has 0 heterocycles. The van der Waals surface area contributed by atoms with Gasteiger partial charge in [-0.1, -0.05) is 55.5 Å². The van der Waals surface area contributed by atoms with Gasteiger partial charge in [-0.2, -0.15) is 0 Å². The van der Waals surface area contributed by atoms with Gasteiger partial charge in [-0.25, -0.2) is 0 Å². The second kappa shape index (κ2) is 5.65. The molecule has 0 bridgehead atoms. The van der Waals surface area contributed by atoms with Crippen LogP contribution >= 0.6 is 0 Å². The minimum absolute atomic E-state index is 0.462. The number of hydrogen-bond donors (Lipinski definition) is 2. The van der Waals surface area contributed by atoms with Crippen LogP contribution in [0, 0.1) is 0 Å². The van der Waals surface area contributed by atoms with Crippen LogP contribution in [-0.2, 0) is 6.42 Å². The molecule has 2 aromatic rings. The Kier molecular flexibility index (Phi) is 3.70. The Morgan fingerprint density at radius 3 is 2.48 bits per heavy atom. The number of nitrogens with one attached hydrogen (secondary N) is 1. The summed E-state index contributed by atoms with van der Waals surface area (Å²) in [5.41, 5.74) is 13.5. The van der Waals surface area contributed by atoms with Crippen molar-refractivity contribution < 1.29 is 0 Å². The summed E-state index contributed by atoms with van der Waals surface area (Å²) in [6, 6.07) is 17.1. The van der Waals surface area contributed by atoms with Gasteiger partial charge in [0, 0.05) is 17.7 Å². The molecule has 2 aromatic carbocycles. The lowest BCUT2D eigenvalue weighted by Gasteiger charge is -2.25. The van der Waals surface area contributed by atoms with Crippen LogP contribution < -0.4 is 11.1 Å². The maximum absolute atomic E-state index is 6.54. The van der Waals surface area contributed by atoms with Crippen molar-refractivity contribution >= 4 is 11.4 Å². The van der Waals surface area contributed by atoms with Gasteiger partial charge in [-0.3, -0.25) is 0 Å². The third kappa shape index (κ3) is 2.42. The highest BCUT2D eigenvalue weighted by Gasteiger charge is 2.21. The summed E-state index contributed by atoms with van der Waals surface area (Å²) in [5.74, 6) is 0.462. The molecule has 0 radical (unpaired) electrons. The average molecular weight is 278 g/mol. The van der Waals surface area contributed by atoms with E-state index in [1.54, 1.807) is 0 Å². The predicted octanol–water partition coefficient (Wildman–Crippen LogP) is 3.74. The van der Waals surface area contributed by atoms with E-state index >= 15 is 0 Å². The zero-order valence-electron chi connectivity index (χ0n) is 12.7. The Hall–Kier alpha value is -2.22. The summed E-state index contributed by atoms with van der Waals surface area (Å²) in [4.78, 5) is 0. The molecule has 0 spiro atoms. The van der Waals surface area contributed by atoms with Crippen LogP contribution in [0.1, 0.15) is 42.0 Å². The van der Waals surface area contributed by atoms with Gasteiger partial charge in [0.25, 0.3) is 0 Å². The van der Waals surface area contributed by atoms with E-state index < -0.39 is 0 Å². The second-order valence-electron chi connectivity index (χ2n) is 5.67. The van der Waals surface area contributed by atoms with E-state index in [0.29, 0.717) is 5.92 Å². The molecule has 0 aromatic heterocycles. The first-order chi connectivity index (χ1) is 10.2. The largest absolute Gasteiger partial charge is 0.397 e. The molecular weight excluding hydrogens is 256 g/mol. The standard InChI is InChI=1S/C19H22N2/c1-3-21-19-16-10-5-4-8-14(16)12-13(2)15-9-6-7-11-17(15)18(19)20/h4-11,13,21H,3,12,20H2,1-2H3/b19-18-. The summed E-state index contributed by atoms with van der Waals surface area (Å²) in [6.07, 6.45) is 1.04. The smallest absolute Gasteiger partial charge is 0.0656 e. The number of nitrogens with two attached hydrogens (primary N) is 1. The number of rotatable bonds is 2. The molecule has 1 atom stereocenters. The van der Waals surface area contributed by atoms with Gasteiger partial charge in [-0.15, -0.1) is 0 Å². The topological polar surface area (TPSA) is 38.0 Å². The van der Waals surface area contributed by atoms with Crippen LogP contribution in [-0.4, -0.2) is 6.54 Å². The fourth-order valence-electron chi connectivity index (χ4n) is 3.20. The van der Waals surface area contributed by atoms with Crippen molar-refractivity contribution in [3.05, 3.63) is 70.8 Å². The van der Waals surface area contributed by atoms with E-state index in [-0.39, 0.29) is 0 Å². The maximum Gasteiger partial charge on any atom is 0.0656 e. The van der Waals surface area contributed by atoms with Crippen molar-refractivity contribution in [3.63, 3.8) is 0 Å².